The number of amides is 2. The summed E-state index contributed by atoms with van der Waals surface area (Å²) in [5.74, 6) is 1.70. The maximum atomic E-state index is 11.7. The number of urea groups is 1. The SMILES string of the molecule is CCNC(=O)N1CCN(CCCOc2ccc(OC)cc2)CC1. The summed E-state index contributed by atoms with van der Waals surface area (Å²) in [6.45, 7) is 7.77. The van der Waals surface area contributed by atoms with Gasteiger partial charge >= 0.3 is 6.03 Å². The van der Waals surface area contributed by atoms with E-state index in [0.717, 1.165) is 50.6 Å². The number of piperazine rings is 1. The zero-order valence-corrected chi connectivity index (χ0v) is 14.1. The van der Waals surface area contributed by atoms with E-state index >= 15 is 0 Å². The van der Waals surface area contributed by atoms with Crippen LogP contribution in [0.3, 0.4) is 0 Å². The van der Waals surface area contributed by atoms with Crippen LogP contribution in [0.1, 0.15) is 13.3 Å². The van der Waals surface area contributed by atoms with Crippen LogP contribution in [0.2, 0.25) is 0 Å². The molecule has 0 aromatic heterocycles. The molecular formula is C17H27N3O3. The van der Waals surface area contributed by atoms with Crippen LogP contribution in [-0.2, 0) is 0 Å². The predicted molar refractivity (Wildman–Crippen MR) is 90.2 cm³/mol. The fourth-order valence-electron chi connectivity index (χ4n) is 2.59. The van der Waals surface area contributed by atoms with E-state index in [0.29, 0.717) is 13.2 Å². The molecule has 23 heavy (non-hydrogen) atoms. The lowest BCUT2D eigenvalue weighted by Crippen LogP contribution is -2.51. The molecule has 0 saturated carbocycles. The van der Waals surface area contributed by atoms with Crippen molar-refractivity contribution in [1.29, 1.82) is 0 Å². The number of carbonyl (C=O) groups is 1. The average molecular weight is 321 g/mol. The number of benzene rings is 1. The van der Waals surface area contributed by atoms with Gasteiger partial charge in [0.05, 0.1) is 13.7 Å². The van der Waals surface area contributed by atoms with Gasteiger partial charge in [-0.1, -0.05) is 0 Å². The topological polar surface area (TPSA) is 54.0 Å². The maximum absolute atomic E-state index is 11.7. The monoisotopic (exact) mass is 321 g/mol. The molecule has 1 saturated heterocycles. The molecule has 1 fully saturated rings. The molecule has 0 spiro atoms. The molecule has 1 aliphatic rings. The van der Waals surface area contributed by atoms with Gasteiger partial charge in [0.25, 0.3) is 0 Å². The Morgan fingerprint density at radius 1 is 1.13 bits per heavy atom. The van der Waals surface area contributed by atoms with Gasteiger partial charge in [-0.25, -0.2) is 4.79 Å². The summed E-state index contributed by atoms with van der Waals surface area (Å²) < 4.78 is 10.9. The lowest BCUT2D eigenvalue weighted by atomic mass is 10.3. The van der Waals surface area contributed by atoms with Gasteiger partial charge in [-0.05, 0) is 37.6 Å². The Bertz CT molecular complexity index is 470. The molecule has 1 aromatic rings. The zero-order chi connectivity index (χ0) is 16.5. The van der Waals surface area contributed by atoms with Crippen LogP contribution in [0.15, 0.2) is 24.3 Å². The molecule has 0 bridgehead atoms. The Morgan fingerprint density at radius 2 is 1.78 bits per heavy atom. The Kier molecular flexibility index (Phi) is 7.00. The first-order valence-electron chi connectivity index (χ1n) is 8.25. The highest BCUT2D eigenvalue weighted by Gasteiger charge is 2.19. The van der Waals surface area contributed by atoms with Crippen molar-refractivity contribution in [3.05, 3.63) is 24.3 Å². The summed E-state index contributed by atoms with van der Waals surface area (Å²) in [7, 11) is 1.65. The summed E-state index contributed by atoms with van der Waals surface area (Å²) in [6.07, 6.45) is 0.979. The van der Waals surface area contributed by atoms with E-state index in [9.17, 15) is 4.79 Å². The number of rotatable bonds is 7. The van der Waals surface area contributed by atoms with Crippen LogP contribution in [0.4, 0.5) is 4.79 Å². The van der Waals surface area contributed by atoms with E-state index in [4.69, 9.17) is 9.47 Å². The number of carbonyl (C=O) groups excluding carboxylic acids is 1. The maximum Gasteiger partial charge on any atom is 0.317 e. The Morgan fingerprint density at radius 3 is 2.39 bits per heavy atom. The van der Waals surface area contributed by atoms with Gasteiger partial charge in [0.2, 0.25) is 0 Å². The Labute approximate surface area is 138 Å². The fourth-order valence-corrected chi connectivity index (χ4v) is 2.59. The van der Waals surface area contributed by atoms with Gasteiger partial charge in [-0.3, -0.25) is 4.90 Å². The summed E-state index contributed by atoms with van der Waals surface area (Å²) in [5.41, 5.74) is 0. The molecule has 6 heteroatoms. The van der Waals surface area contributed by atoms with Gasteiger partial charge < -0.3 is 19.7 Å². The number of nitrogens with zero attached hydrogens (tertiary/aromatic N) is 2. The van der Waals surface area contributed by atoms with E-state index in [-0.39, 0.29) is 6.03 Å². The normalized spacial score (nSPS) is 15.3. The van der Waals surface area contributed by atoms with Crippen LogP contribution >= 0.6 is 0 Å². The summed E-state index contributed by atoms with van der Waals surface area (Å²) >= 11 is 0. The average Bonchev–Trinajstić information content (AvgIpc) is 2.60. The number of nitrogens with one attached hydrogen (secondary N) is 1. The second kappa shape index (κ2) is 9.25. The second-order valence-corrected chi connectivity index (χ2v) is 5.54. The lowest BCUT2D eigenvalue weighted by Gasteiger charge is -2.34. The molecule has 0 aliphatic carbocycles. The molecule has 1 aliphatic heterocycles. The minimum Gasteiger partial charge on any atom is -0.497 e. The minimum atomic E-state index is 0.0509. The number of hydrogen-bond acceptors (Lipinski definition) is 4. The number of methoxy groups -OCH3 is 1. The van der Waals surface area contributed by atoms with E-state index in [1.54, 1.807) is 7.11 Å². The van der Waals surface area contributed by atoms with E-state index < -0.39 is 0 Å². The lowest BCUT2D eigenvalue weighted by molar-refractivity contribution is 0.134. The van der Waals surface area contributed by atoms with Gasteiger partial charge in [-0.2, -0.15) is 0 Å². The van der Waals surface area contributed by atoms with Crippen molar-refractivity contribution in [1.82, 2.24) is 15.1 Å². The van der Waals surface area contributed by atoms with Gasteiger partial charge in [0.15, 0.2) is 0 Å². The van der Waals surface area contributed by atoms with Crippen LogP contribution in [0.5, 0.6) is 11.5 Å². The quantitative estimate of drug-likeness (QED) is 0.778. The fraction of sp³-hybridized carbons (Fsp3) is 0.588. The molecule has 1 aromatic carbocycles. The Hall–Kier alpha value is -1.95. The van der Waals surface area contributed by atoms with Crippen molar-refractivity contribution >= 4 is 6.03 Å². The van der Waals surface area contributed by atoms with Crippen LogP contribution < -0.4 is 14.8 Å². The van der Waals surface area contributed by atoms with Gasteiger partial charge in [0, 0.05) is 39.3 Å². The second-order valence-electron chi connectivity index (χ2n) is 5.54. The number of hydrogen-bond donors (Lipinski definition) is 1. The van der Waals surface area contributed by atoms with Crippen LogP contribution in [-0.4, -0.2) is 68.8 Å². The van der Waals surface area contributed by atoms with Crippen molar-refractivity contribution in [2.45, 2.75) is 13.3 Å². The molecule has 0 unspecified atom stereocenters. The molecule has 2 rings (SSSR count). The van der Waals surface area contributed by atoms with E-state index in [1.807, 2.05) is 36.1 Å². The van der Waals surface area contributed by atoms with Gasteiger partial charge in [0.1, 0.15) is 11.5 Å². The molecule has 0 radical (unpaired) electrons. The molecule has 1 heterocycles. The standard InChI is InChI=1S/C17H27N3O3/c1-3-18-17(21)20-12-10-19(11-13-20)9-4-14-23-16-7-5-15(22-2)6-8-16/h5-8H,3-4,9-14H2,1-2H3,(H,18,21). The zero-order valence-electron chi connectivity index (χ0n) is 14.1. The molecule has 1 N–H and O–H groups in total. The molecule has 2 amide bonds. The first-order chi connectivity index (χ1) is 11.2. The molecular weight excluding hydrogens is 294 g/mol. The van der Waals surface area contributed by atoms with Crippen molar-refractivity contribution in [2.24, 2.45) is 0 Å². The highest BCUT2D eigenvalue weighted by molar-refractivity contribution is 5.74. The van der Waals surface area contributed by atoms with Crippen LogP contribution in [0, 0.1) is 0 Å². The molecule has 0 atom stereocenters. The predicted octanol–water partition coefficient (Wildman–Crippen LogP) is 1.81. The largest absolute Gasteiger partial charge is 0.497 e. The van der Waals surface area contributed by atoms with Crippen molar-refractivity contribution in [3.8, 4) is 11.5 Å². The third-order valence-electron chi connectivity index (χ3n) is 3.93. The first kappa shape index (κ1) is 17.4. The van der Waals surface area contributed by atoms with E-state index in [1.165, 1.54) is 0 Å². The third-order valence-corrected chi connectivity index (χ3v) is 3.93. The minimum absolute atomic E-state index is 0.0509. The number of ether oxygens (including phenoxy) is 2. The van der Waals surface area contributed by atoms with Gasteiger partial charge in [-0.15, -0.1) is 0 Å². The van der Waals surface area contributed by atoms with Crippen molar-refractivity contribution in [2.75, 3.05) is 53.0 Å². The van der Waals surface area contributed by atoms with Crippen LogP contribution in [0.25, 0.3) is 0 Å². The molecule has 6 nitrogen and oxygen atoms in total. The molecule has 128 valence electrons. The summed E-state index contributed by atoms with van der Waals surface area (Å²) in [6, 6.07) is 7.69. The summed E-state index contributed by atoms with van der Waals surface area (Å²) in [4.78, 5) is 16.0. The highest BCUT2D eigenvalue weighted by atomic mass is 16.5. The highest BCUT2D eigenvalue weighted by Crippen LogP contribution is 2.17. The summed E-state index contributed by atoms with van der Waals surface area (Å²) in [5, 5.41) is 2.85. The third kappa shape index (κ3) is 5.63. The van der Waals surface area contributed by atoms with Crippen molar-refractivity contribution in [3.63, 3.8) is 0 Å². The smallest absolute Gasteiger partial charge is 0.317 e. The Balaban J connectivity index is 1.59. The first-order valence-corrected chi connectivity index (χ1v) is 8.25. The van der Waals surface area contributed by atoms with E-state index in [2.05, 4.69) is 10.2 Å². The van der Waals surface area contributed by atoms with Crippen molar-refractivity contribution < 1.29 is 14.3 Å².